The van der Waals surface area contributed by atoms with Crippen LogP contribution in [0.25, 0.3) is 0 Å². The number of nitrogens with one attached hydrogen (secondary N) is 2. The highest BCUT2D eigenvalue weighted by Crippen LogP contribution is 2.25. The highest BCUT2D eigenvalue weighted by molar-refractivity contribution is 8.01. The molecule has 122 valence electrons. The van der Waals surface area contributed by atoms with Crippen molar-refractivity contribution in [2.24, 2.45) is 0 Å². The summed E-state index contributed by atoms with van der Waals surface area (Å²) in [7, 11) is 0. The molecule has 6 nitrogen and oxygen atoms in total. The number of aromatic nitrogens is 2. The number of rotatable bonds is 7. The molecule has 0 aliphatic heterocycles. The lowest BCUT2D eigenvalue weighted by Gasteiger charge is -2.03. The first kappa shape index (κ1) is 17.4. The molecule has 0 aliphatic rings. The van der Waals surface area contributed by atoms with E-state index >= 15 is 0 Å². The van der Waals surface area contributed by atoms with Crippen LogP contribution in [0.1, 0.15) is 19.8 Å². The number of thioether (sulfide) groups is 1. The van der Waals surface area contributed by atoms with Crippen molar-refractivity contribution >= 4 is 45.7 Å². The van der Waals surface area contributed by atoms with Crippen LogP contribution in [0.3, 0.4) is 0 Å². The number of carbonyl (C=O) groups is 2. The van der Waals surface area contributed by atoms with Crippen LogP contribution in [0.5, 0.6) is 0 Å². The molecule has 23 heavy (non-hydrogen) atoms. The van der Waals surface area contributed by atoms with Crippen LogP contribution >= 0.6 is 23.1 Å². The zero-order valence-electron chi connectivity index (χ0n) is 12.3. The Morgan fingerprint density at radius 3 is 2.83 bits per heavy atom. The van der Waals surface area contributed by atoms with E-state index in [1.165, 1.54) is 41.3 Å². The summed E-state index contributed by atoms with van der Waals surface area (Å²) < 4.78 is 13.6. The molecule has 0 saturated heterocycles. The van der Waals surface area contributed by atoms with Crippen LogP contribution in [-0.2, 0) is 9.59 Å². The smallest absolute Gasteiger partial charge is 0.234 e. The minimum absolute atomic E-state index is 0.107. The fourth-order valence-corrected chi connectivity index (χ4v) is 3.19. The Morgan fingerprint density at radius 2 is 2.09 bits per heavy atom. The monoisotopic (exact) mass is 354 g/mol. The Kier molecular flexibility index (Phi) is 6.48. The van der Waals surface area contributed by atoms with Gasteiger partial charge in [-0.1, -0.05) is 36.1 Å². The Labute approximate surface area is 140 Å². The zero-order valence-corrected chi connectivity index (χ0v) is 14.0. The van der Waals surface area contributed by atoms with Crippen molar-refractivity contribution in [3.8, 4) is 0 Å². The van der Waals surface area contributed by atoms with Crippen molar-refractivity contribution in [1.82, 2.24) is 10.2 Å². The second kappa shape index (κ2) is 8.59. The first-order valence-corrected chi connectivity index (χ1v) is 8.68. The number of halogens is 1. The molecule has 1 aromatic carbocycles. The van der Waals surface area contributed by atoms with E-state index in [0.717, 1.165) is 6.42 Å². The minimum atomic E-state index is -0.410. The topological polar surface area (TPSA) is 84.0 Å². The van der Waals surface area contributed by atoms with Gasteiger partial charge in [-0.05, 0) is 24.6 Å². The predicted molar refractivity (Wildman–Crippen MR) is 89.2 cm³/mol. The lowest BCUT2D eigenvalue weighted by molar-refractivity contribution is -0.116. The van der Waals surface area contributed by atoms with Gasteiger partial charge < -0.3 is 10.6 Å². The highest BCUT2D eigenvalue weighted by Gasteiger charge is 2.10. The van der Waals surface area contributed by atoms with Crippen LogP contribution < -0.4 is 10.6 Å². The lowest BCUT2D eigenvalue weighted by Crippen LogP contribution is -2.13. The zero-order chi connectivity index (χ0) is 16.7. The third-order valence-electron chi connectivity index (χ3n) is 2.56. The van der Waals surface area contributed by atoms with Gasteiger partial charge in [0, 0.05) is 12.1 Å². The van der Waals surface area contributed by atoms with E-state index in [2.05, 4.69) is 20.8 Å². The van der Waals surface area contributed by atoms with Crippen molar-refractivity contribution in [1.29, 1.82) is 0 Å². The van der Waals surface area contributed by atoms with Gasteiger partial charge in [-0.15, -0.1) is 10.2 Å². The van der Waals surface area contributed by atoms with Gasteiger partial charge in [0.2, 0.25) is 16.9 Å². The number of benzene rings is 1. The lowest BCUT2D eigenvalue weighted by atomic mass is 10.3. The summed E-state index contributed by atoms with van der Waals surface area (Å²) in [4.78, 5) is 23.2. The van der Waals surface area contributed by atoms with E-state index in [1.807, 2.05) is 6.92 Å². The van der Waals surface area contributed by atoms with E-state index in [4.69, 9.17) is 0 Å². The normalized spacial score (nSPS) is 10.3. The molecule has 0 spiro atoms. The quantitative estimate of drug-likeness (QED) is 0.589. The van der Waals surface area contributed by atoms with E-state index in [1.54, 1.807) is 6.07 Å². The second-order valence-corrected chi connectivity index (χ2v) is 6.72. The molecule has 0 saturated carbocycles. The third-order valence-corrected chi connectivity index (χ3v) is 4.54. The van der Waals surface area contributed by atoms with Gasteiger partial charge in [0.05, 0.1) is 5.75 Å². The van der Waals surface area contributed by atoms with Crippen molar-refractivity contribution in [2.75, 3.05) is 16.4 Å². The maximum atomic E-state index is 13.0. The van der Waals surface area contributed by atoms with E-state index in [0.29, 0.717) is 21.6 Å². The van der Waals surface area contributed by atoms with Gasteiger partial charge in [-0.2, -0.15) is 0 Å². The standard InChI is InChI=1S/C14H15FN4O2S2/c1-2-4-11(20)17-13-18-19-14(23-13)22-8-12(21)16-10-6-3-5-9(15)7-10/h3,5-7H,2,4,8H2,1H3,(H,16,21)(H,17,18,20). The van der Waals surface area contributed by atoms with Gasteiger partial charge in [0.25, 0.3) is 0 Å². The first-order valence-electron chi connectivity index (χ1n) is 6.88. The van der Waals surface area contributed by atoms with E-state index in [-0.39, 0.29) is 17.6 Å². The summed E-state index contributed by atoms with van der Waals surface area (Å²) >= 11 is 2.41. The second-order valence-electron chi connectivity index (χ2n) is 4.52. The summed E-state index contributed by atoms with van der Waals surface area (Å²) in [6, 6.07) is 5.68. The molecule has 2 rings (SSSR count). The van der Waals surface area contributed by atoms with Crippen molar-refractivity contribution in [3.05, 3.63) is 30.1 Å². The number of anilines is 2. The number of hydrogen-bond acceptors (Lipinski definition) is 6. The molecule has 9 heteroatoms. The summed E-state index contributed by atoms with van der Waals surface area (Å²) in [5, 5.41) is 13.4. The minimum Gasteiger partial charge on any atom is -0.325 e. The Bertz CT molecular complexity index is 693. The largest absolute Gasteiger partial charge is 0.325 e. The van der Waals surface area contributed by atoms with Crippen LogP contribution in [0.4, 0.5) is 15.2 Å². The molecule has 0 fully saturated rings. The molecular formula is C14H15FN4O2S2. The van der Waals surface area contributed by atoms with Crippen molar-refractivity contribution < 1.29 is 14.0 Å². The van der Waals surface area contributed by atoms with Crippen molar-refractivity contribution in [2.45, 2.75) is 24.1 Å². The fraction of sp³-hybridized carbons (Fsp3) is 0.286. The molecule has 0 aliphatic carbocycles. The number of nitrogens with zero attached hydrogens (tertiary/aromatic N) is 2. The van der Waals surface area contributed by atoms with Gasteiger partial charge in [0.1, 0.15) is 5.82 Å². The van der Waals surface area contributed by atoms with Gasteiger partial charge in [0.15, 0.2) is 4.34 Å². The van der Waals surface area contributed by atoms with Crippen LogP contribution in [0, 0.1) is 5.82 Å². The molecule has 0 unspecified atom stereocenters. The number of carbonyl (C=O) groups excluding carboxylic acids is 2. The molecule has 2 N–H and O–H groups in total. The molecule has 2 aromatic rings. The van der Waals surface area contributed by atoms with Gasteiger partial charge in [-0.25, -0.2) is 4.39 Å². The molecule has 0 atom stereocenters. The Balaban J connectivity index is 1.80. The third kappa shape index (κ3) is 5.95. The Morgan fingerprint density at radius 1 is 1.26 bits per heavy atom. The van der Waals surface area contributed by atoms with E-state index in [9.17, 15) is 14.0 Å². The maximum absolute atomic E-state index is 13.0. The fourth-order valence-electron chi connectivity index (χ4n) is 1.62. The summed E-state index contributed by atoms with van der Waals surface area (Å²) in [5.74, 6) is -0.669. The van der Waals surface area contributed by atoms with Gasteiger partial charge >= 0.3 is 0 Å². The molecule has 0 bridgehead atoms. The van der Waals surface area contributed by atoms with Crippen LogP contribution in [0.2, 0.25) is 0 Å². The molecule has 0 radical (unpaired) electrons. The molecule has 1 aromatic heterocycles. The van der Waals surface area contributed by atoms with Crippen LogP contribution in [0.15, 0.2) is 28.6 Å². The maximum Gasteiger partial charge on any atom is 0.234 e. The summed E-state index contributed by atoms with van der Waals surface area (Å²) in [6.07, 6.45) is 1.19. The van der Waals surface area contributed by atoms with E-state index < -0.39 is 5.82 Å². The Hall–Kier alpha value is -2.00. The molecule has 1 heterocycles. The molecular weight excluding hydrogens is 339 g/mol. The van der Waals surface area contributed by atoms with Gasteiger partial charge in [-0.3, -0.25) is 9.59 Å². The first-order chi connectivity index (χ1) is 11.1. The number of amides is 2. The number of hydrogen-bond donors (Lipinski definition) is 2. The SMILES string of the molecule is CCCC(=O)Nc1nnc(SCC(=O)Nc2cccc(F)c2)s1. The summed E-state index contributed by atoms with van der Waals surface area (Å²) in [5.41, 5.74) is 0.403. The van der Waals surface area contributed by atoms with Crippen LogP contribution in [-0.4, -0.2) is 27.8 Å². The molecule has 2 amide bonds. The highest BCUT2D eigenvalue weighted by atomic mass is 32.2. The predicted octanol–water partition coefficient (Wildman–Crippen LogP) is 3.15. The van der Waals surface area contributed by atoms with Crippen molar-refractivity contribution in [3.63, 3.8) is 0 Å². The summed E-state index contributed by atoms with van der Waals surface area (Å²) in [6.45, 7) is 1.91. The average molecular weight is 354 g/mol. The average Bonchev–Trinajstić information content (AvgIpc) is 2.93.